The van der Waals surface area contributed by atoms with Crippen LogP contribution in [-0.2, 0) is 17.6 Å². The second-order valence-electron chi connectivity index (χ2n) is 8.59. The number of ether oxygens (including phenoxy) is 2. The van der Waals surface area contributed by atoms with E-state index in [0.717, 1.165) is 69.2 Å². The highest BCUT2D eigenvalue weighted by Crippen LogP contribution is 2.33. The number of nitrogens with one attached hydrogen (secondary N) is 1. The lowest BCUT2D eigenvalue weighted by Gasteiger charge is -2.34. The first kappa shape index (κ1) is 19.5. The van der Waals surface area contributed by atoms with Gasteiger partial charge in [-0.2, -0.15) is 0 Å². The largest absolute Gasteiger partial charge is 0.493 e. The van der Waals surface area contributed by atoms with Gasteiger partial charge in [-0.25, -0.2) is 0 Å². The van der Waals surface area contributed by atoms with Crippen LogP contribution in [-0.4, -0.2) is 50.5 Å². The number of nitrogens with zero attached hydrogens (tertiary/aromatic N) is 2. The topological polar surface area (TPSA) is 57.8 Å². The molecule has 0 saturated carbocycles. The normalized spacial score (nSPS) is 21.8. The minimum atomic E-state index is -0.0269. The predicted octanol–water partition coefficient (Wildman–Crippen LogP) is 3.14. The maximum absolute atomic E-state index is 12.5. The van der Waals surface area contributed by atoms with Gasteiger partial charge in [-0.1, -0.05) is 31.0 Å². The van der Waals surface area contributed by atoms with Gasteiger partial charge in [-0.15, -0.1) is 0 Å². The number of aromatic amines is 1. The van der Waals surface area contributed by atoms with Gasteiger partial charge in [0, 0.05) is 49.9 Å². The Labute approximate surface area is 177 Å². The molecule has 0 bridgehead atoms. The fourth-order valence-electron chi connectivity index (χ4n) is 5.08. The molecule has 4 heterocycles. The molecule has 160 valence electrons. The van der Waals surface area contributed by atoms with Crippen molar-refractivity contribution < 1.29 is 9.47 Å². The molecule has 6 nitrogen and oxygen atoms in total. The molecule has 1 atom stereocenters. The summed E-state index contributed by atoms with van der Waals surface area (Å²) in [7, 11) is 0. The Morgan fingerprint density at radius 3 is 2.83 bits per heavy atom. The van der Waals surface area contributed by atoms with Crippen molar-refractivity contribution in [1.82, 2.24) is 4.98 Å². The first-order valence-electron chi connectivity index (χ1n) is 11.4. The maximum atomic E-state index is 12.5. The molecule has 3 aliphatic heterocycles. The highest BCUT2D eigenvalue weighted by molar-refractivity contribution is 5.56. The van der Waals surface area contributed by atoms with Gasteiger partial charge in [-0.05, 0) is 30.4 Å². The number of rotatable bonds is 4. The number of anilines is 2. The van der Waals surface area contributed by atoms with Crippen LogP contribution in [0.25, 0.3) is 0 Å². The predicted molar refractivity (Wildman–Crippen MR) is 119 cm³/mol. The van der Waals surface area contributed by atoms with Gasteiger partial charge in [-0.3, -0.25) is 4.79 Å². The van der Waals surface area contributed by atoms with E-state index in [4.69, 9.17) is 9.47 Å². The molecule has 3 aliphatic rings. The van der Waals surface area contributed by atoms with Crippen LogP contribution in [0.1, 0.15) is 36.8 Å². The molecule has 2 saturated heterocycles. The summed E-state index contributed by atoms with van der Waals surface area (Å²) in [5.41, 5.74) is 3.61. The first-order chi connectivity index (χ1) is 14.8. The van der Waals surface area contributed by atoms with E-state index in [1.165, 1.54) is 24.0 Å². The van der Waals surface area contributed by atoms with Crippen molar-refractivity contribution in [2.24, 2.45) is 0 Å². The van der Waals surface area contributed by atoms with Crippen molar-refractivity contribution in [3.63, 3.8) is 0 Å². The molecule has 6 heteroatoms. The molecule has 0 radical (unpaired) electrons. The second-order valence-corrected chi connectivity index (χ2v) is 8.59. The Morgan fingerprint density at radius 2 is 1.93 bits per heavy atom. The van der Waals surface area contributed by atoms with Crippen LogP contribution >= 0.6 is 0 Å². The molecule has 1 aromatic heterocycles. The Hall–Kier alpha value is -2.47. The molecule has 30 heavy (non-hydrogen) atoms. The Balaban J connectivity index is 1.44. The summed E-state index contributed by atoms with van der Waals surface area (Å²) in [6.07, 6.45) is 6.71. The van der Waals surface area contributed by atoms with E-state index in [0.29, 0.717) is 19.3 Å². The zero-order valence-electron chi connectivity index (χ0n) is 17.6. The third-order valence-electron chi connectivity index (χ3n) is 6.63. The number of fused-ring (bicyclic) bond motifs is 1. The Bertz CT molecular complexity index is 936. The second kappa shape index (κ2) is 8.72. The van der Waals surface area contributed by atoms with E-state index in [2.05, 4.69) is 39.0 Å². The van der Waals surface area contributed by atoms with Crippen LogP contribution in [0.3, 0.4) is 0 Å². The zero-order valence-corrected chi connectivity index (χ0v) is 17.6. The van der Waals surface area contributed by atoms with Crippen LogP contribution in [0.15, 0.2) is 35.1 Å². The lowest BCUT2D eigenvalue weighted by Crippen LogP contribution is -2.39. The van der Waals surface area contributed by atoms with Crippen LogP contribution in [0.5, 0.6) is 5.75 Å². The van der Waals surface area contributed by atoms with Gasteiger partial charge >= 0.3 is 0 Å². The van der Waals surface area contributed by atoms with Crippen LogP contribution in [0, 0.1) is 0 Å². The lowest BCUT2D eigenvalue weighted by atomic mass is 9.98. The lowest BCUT2D eigenvalue weighted by molar-refractivity contribution is 0.122. The van der Waals surface area contributed by atoms with Crippen molar-refractivity contribution in [3.8, 4) is 5.75 Å². The van der Waals surface area contributed by atoms with Gasteiger partial charge in [0.05, 0.1) is 19.8 Å². The number of aromatic nitrogens is 1. The summed E-state index contributed by atoms with van der Waals surface area (Å²) in [6.45, 7) is 4.86. The fourth-order valence-corrected chi connectivity index (χ4v) is 5.08. The number of para-hydroxylation sites is 1. The van der Waals surface area contributed by atoms with Crippen LogP contribution in [0.2, 0.25) is 0 Å². The maximum Gasteiger partial charge on any atom is 0.251 e. The highest BCUT2D eigenvalue weighted by atomic mass is 16.5. The van der Waals surface area contributed by atoms with Crippen molar-refractivity contribution in [3.05, 3.63) is 51.8 Å². The minimum Gasteiger partial charge on any atom is -0.493 e. The Kier molecular flexibility index (Phi) is 5.67. The summed E-state index contributed by atoms with van der Waals surface area (Å²) in [5, 5.41) is 0. The summed E-state index contributed by atoms with van der Waals surface area (Å²) in [4.78, 5) is 20.4. The third kappa shape index (κ3) is 4.06. The first-order valence-corrected chi connectivity index (χ1v) is 11.4. The molecule has 2 fully saturated rings. The third-order valence-corrected chi connectivity index (χ3v) is 6.63. The van der Waals surface area contributed by atoms with Crippen molar-refractivity contribution in [1.29, 1.82) is 0 Å². The molecular weight excluding hydrogens is 378 g/mol. The summed E-state index contributed by atoms with van der Waals surface area (Å²) in [6, 6.07) is 10.8. The minimum absolute atomic E-state index is 0.0269. The van der Waals surface area contributed by atoms with Gasteiger partial charge in [0.25, 0.3) is 5.56 Å². The van der Waals surface area contributed by atoms with Crippen LogP contribution in [0.4, 0.5) is 11.5 Å². The Morgan fingerprint density at radius 1 is 1.03 bits per heavy atom. The molecule has 1 unspecified atom stereocenters. The summed E-state index contributed by atoms with van der Waals surface area (Å²) < 4.78 is 11.5. The van der Waals surface area contributed by atoms with E-state index in [9.17, 15) is 4.79 Å². The molecule has 0 aliphatic carbocycles. The van der Waals surface area contributed by atoms with Crippen molar-refractivity contribution in [2.45, 2.75) is 44.6 Å². The highest BCUT2D eigenvalue weighted by Gasteiger charge is 2.26. The number of pyridine rings is 1. The number of morpholine rings is 1. The molecule has 5 rings (SSSR count). The summed E-state index contributed by atoms with van der Waals surface area (Å²) in [5.74, 6) is 2.04. The van der Waals surface area contributed by atoms with Gasteiger partial charge in [0.1, 0.15) is 11.6 Å². The van der Waals surface area contributed by atoms with Gasteiger partial charge < -0.3 is 24.3 Å². The van der Waals surface area contributed by atoms with Crippen molar-refractivity contribution >= 4 is 11.5 Å². The van der Waals surface area contributed by atoms with Crippen LogP contribution < -0.4 is 20.1 Å². The summed E-state index contributed by atoms with van der Waals surface area (Å²) >= 11 is 0. The standard InChI is InChI=1S/C24H31N3O3/c28-23-17-21(26-10-13-29-14-11-26)16-22(25-23)27-9-3-1-2-7-20(27)15-19-6-4-5-18-8-12-30-24(18)19/h4-6,16-17,20H,1-3,7-15H2,(H,25,28). The number of benzene rings is 1. The van der Waals surface area contributed by atoms with Gasteiger partial charge in [0.15, 0.2) is 0 Å². The molecule has 1 N–H and O–H groups in total. The number of H-pyrrole nitrogens is 1. The van der Waals surface area contributed by atoms with E-state index >= 15 is 0 Å². The smallest absolute Gasteiger partial charge is 0.251 e. The van der Waals surface area contributed by atoms with E-state index in [1.54, 1.807) is 6.07 Å². The fraction of sp³-hybridized carbons (Fsp3) is 0.542. The SMILES string of the molecule is O=c1cc(N2CCOCC2)cc(N2CCCCCC2Cc2cccc3c2OCC3)[nH]1. The molecule has 1 aromatic carbocycles. The number of hydrogen-bond acceptors (Lipinski definition) is 5. The van der Waals surface area contributed by atoms with E-state index < -0.39 is 0 Å². The zero-order chi connectivity index (χ0) is 20.3. The average Bonchev–Trinajstić information content (AvgIpc) is 3.14. The molecular formula is C24H31N3O3. The van der Waals surface area contributed by atoms with Crippen molar-refractivity contribution in [2.75, 3.05) is 49.3 Å². The number of hydrogen-bond donors (Lipinski definition) is 1. The monoisotopic (exact) mass is 409 g/mol. The average molecular weight is 410 g/mol. The van der Waals surface area contributed by atoms with Gasteiger partial charge in [0.2, 0.25) is 0 Å². The molecule has 2 aromatic rings. The molecule has 0 amide bonds. The quantitative estimate of drug-likeness (QED) is 0.841. The van der Waals surface area contributed by atoms with E-state index in [1.807, 2.05) is 0 Å². The molecule has 0 spiro atoms. The van der Waals surface area contributed by atoms with E-state index in [-0.39, 0.29) is 5.56 Å².